The lowest BCUT2D eigenvalue weighted by Gasteiger charge is -2.13. The molecule has 0 aliphatic rings. The van der Waals surface area contributed by atoms with Crippen LogP contribution in [0.15, 0.2) is 71.9 Å². The van der Waals surface area contributed by atoms with Gasteiger partial charge in [-0.05, 0) is 37.3 Å². The van der Waals surface area contributed by atoms with Crippen LogP contribution >= 0.6 is 0 Å². The highest BCUT2D eigenvalue weighted by molar-refractivity contribution is 5.80. The van der Waals surface area contributed by atoms with Crippen molar-refractivity contribution >= 4 is 6.21 Å². The number of benzene rings is 3. The number of nitrogens with zero attached hydrogens (tertiary/aromatic N) is 3. The molecule has 3 aromatic rings. The molecule has 0 bridgehead atoms. The van der Waals surface area contributed by atoms with Gasteiger partial charge in [0.05, 0.1) is 36.1 Å². The minimum Gasteiger partial charge on any atom is -0.490 e. The van der Waals surface area contributed by atoms with Crippen LogP contribution in [0.4, 0.5) is 0 Å². The van der Waals surface area contributed by atoms with Gasteiger partial charge in [0.2, 0.25) is 0 Å². The van der Waals surface area contributed by atoms with E-state index in [9.17, 15) is 5.26 Å². The zero-order valence-electron chi connectivity index (χ0n) is 17.1. The Hall–Kier alpha value is -4.29. The first-order valence-electron chi connectivity index (χ1n) is 9.76. The molecule has 0 amide bonds. The van der Waals surface area contributed by atoms with Crippen LogP contribution in [0.1, 0.15) is 34.7 Å². The molecule has 0 saturated carbocycles. The van der Waals surface area contributed by atoms with E-state index in [1.807, 2.05) is 55.5 Å². The molecule has 0 fully saturated rings. The van der Waals surface area contributed by atoms with Gasteiger partial charge in [-0.15, -0.1) is 0 Å². The summed E-state index contributed by atoms with van der Waals surface area (Å²) in [6, 6.07) is 24.3. The van der Waals surface area contributed by atoms with Gasteiger partial charge in [-0.25, -0.2) is 0 Å². The predicted octanol–water partition coefficient (Wildman–Crippen LogP) is 4.96. The molecule has 0 heterocycles. The van der Waals surface area contributed by atoms with E-state index in [4.69, 9.17) is 19.6 Å². The minimum absolute atomic E-state index is 0.206. The molecule has 0 N–H and O–H groups in total. The Morgan fingerprint density at radius 1 is 0.806 bits per heavy atom. The number of oxime groups is 1. The fraction of sp³-hybridized carbons (Fsp3) is 0.160. The van der Waals surface area contributed by atoms with Crippen LogP contribution in [-0.4, -0.2) is 12.8 Å². The molecule has 0 aliphatic carbocycles. The van der Waals surface area contributed by atoms with E-state index in [0.29, 0.717) is 29.2 Å². The van der Waals surface area contributed by atoms with E-state index in [1.165, 1.54) is 0 Å². The highest BCUT2D eigenvalue weighted by atomic mass is 16.6. The zero-order valence-corrected chi connectivity index (χ0v) is 17.1. The molecule has 0 saturated heterocycles. The van der Waals surface area contributed by atoms with Crippen LogP contribution in [0.3, 0.4) is 0 Å². The third-order valence-electron chi connectivity index (χ3n) is 4.42. The van der Waals surface area contributed by atoms with Crippen LogP contribution in [0.25, 0.3) is 0 Å². The zero-order chi connectivity index (χ0) is 21.9. The van der Waals surface area contributed by atoms with Crippen molar-refractivity contribution in [2.45, 2.75) is 20.1 Å². The van der Waals surface area contributed by atoms with Crippen LogP contribution < -0.4 is 9.47 Å². The molecule has 0 aromatic heterocycles. The molecule has 0 unspecified atom stereocenters. The molecule has 3 aromatic carbocycles. The molecule has 6 heteroatoms. The molecule has 31 heavy (non-hydrogen) atoms. The maximum Gasteiger partial charge on any atom is 0.161 e. The molecule has 6 nitrogen and oxygen atoms in total. The standard InChI is InChI=1S/C25H21N3O3/c1-2-29-25-13-19(16-28-31-18-23-10-6-4-8-21(23)15-27)11-12-24(25)30-17-22-9-5-3-7-20(22)14-26/h3-13,16H,2,17-18H2,1H3/b28-16-. The predicted molar refractivity (Wildman–Crippen MR) is 117 cm³/mol. The molecule has 3 rings (SSSR count). The maximum atomic E-state index is 9.22. The smallest absolute Gasteiger partial charge is 0.161 e. The van der Waals surface area contributed by atoms with Gasteiger partial charge in [0, 0.05) is 16.7 Å². The first-order chi connectivity index (χ1) is 15.2. The first kappa shape index (κ1) is 21.4. The molecule has 154 valence electrons. The Morgan fingerprint density at radius 2 is 1.45 bits per heavy atom. The van der Waals surface area contributed by atoms with Gasteiger partial charge in [0.25, 0.3) is 0 Å². The summed E-state index contributed by atoms with van der Waals surface area (Å²) < 4.78 is 11.6. The van der Waals surface area contributed by atoms with Crippen molar-refractivity contribution in [2.24, 2.45) is 5.16 Å². The van der Waals surface area contributed by atoms with E-state index in [2.05, 4.69) is 17.3 Å². The summed E-state index contributed by atoms with van der Waals surface area (Å²) in [5.41, 5.74) is 3.51. The number of hydrogen-bond donors (Lipinski definition) is 0. The third kappa shape index (κ3) is 5.85. The van der Waals surface area contributed by atoms with Crippen molar-refractivity contribution in [2.75, 3.05) is 6.61 Å². The van der Waals surface area contributed by atoms with Gasteiger partial charge in [0.15, 0.2) is 11.5 Å². The molecule has 0 spiro atoms. The SMILES string of the molecule is CCOc1cc(/C=N\OCc2ccccc2C#N)ccc1OCc1ccccc1C#N. The van der Waals surface area contributed by atoms with Crippen LogP contribution in [0.5, 0.6) is 11.5 Å². The van der Waals surface area contributed by atoms with Gasteiger partial charge in [-0.2, -0.15) is 10.5 Å². The Labute approximate surface area is 181 Å². The average molecular weight is 411 g/mol. The topological polar surface area (TPSA) is 87.6 Å². The normalized spacial score (nSPS) is 10.3. The second-order valence-electron chi connectivity index (χ2n) is 6.47. The number of ether oxygens (including phenoxy) is 2. The second kappa shape index (κ2) is 11.0. The summed E-state index contributed by atoms with van der Waals surface area (Å²) in [4.78, 5) is 5.34. The summed E-state index contributed by atoms with van der Waals surface area (Å²) in [6.45, 7) is 2.84. The van der Waals surface area contributed by atoms with Crippen molar-refractivity contribution in [3.05, 3.63) is 94.5 Å². The summed E-state index contributed by atoms with van der Waals surface area (Å²) in [5, 5.41) is 22.3. The number of nitriles is 2. The highest BCUT2D eigenvalue weighted by Gasteiger charge is 2.08. The van der Waals surface area contributed by atoms with Gasteiger partial charge in [-0.3, -0.25) is 0 Å². The maximum absolute atomic E-state index is 9.22. The van der Waals surface area contributed by atoms with E-state index >= 15 is 0 Å². The van der Waals surface area contributed by atoms with Crippen LogP contribution in [0.2, 0.25) is 0 Å². The van der Waals surface area contributed by atoms with Crippen molar-refractivity contribution in [3.63, 3.8) is 0 Å². The van der Waals surface area contributed by atoms with Crippen molar-refractivity contribution in [1.82, 2.24) is 0 Å². The number of hydrogen-bond acceptors (Lipinski definition) is 6. The lowest BCUT2D eigenvalue weighted by molar-refractivity contribution is 0.132. The highest BCUT2D eigenvalue weighted by Crippen LogP contribution is 2.29. The fourth-order valence-corrected chi connectivity index (χ4v) is 2.86. The summed E-state index contributed by atoms with van der Waals surface area (Å²) in [5.74, 6) is 1.16. The van der Waals surface area contributed by atoms with E-state index in [-0.39, 0.29) is 13.2 Å². The van der Waals surface area contributed by atoms with E-state index in [0.717, 1.165) is 16.7 Å². The first-order valence-corrected chi connectivity index (χ1v) is 9.76. The minimum atomic E-state index is 0.206. The van der Waals surface area contributed by atoms with E-state index in [1.54, 1.807) is 24.4 Å². The Balaban J connectivity index is 1.66. The molecule has 0 radical (unpaired) electrons. The third-order valence-corrected chi connectivity index (χ3v) is 4.42. The quantitative estimate of drug-likeness (QED) is 0.367. The lowest BCUT2D eigenvalue weighted by atomic mass is 10.1. The average Bonchev–Trinajstić information content (AvgIpc) is 2.82. The Morgan fingerprint density at radius 3 is 2.10 bits per heavy atom. The van der Waals surface area contributed by atoms with Gasteiger partial charge >= 0.3 is 0 Å². The summed E-state index contributed by atoms with van der Waals surface area (Å²) in [7, 11) is 0. The Bertz CT molecular complexity index is 1140. The van der Waals surface area contributed by atoms with Crippen molar-refractivity contribution in [3.8, 4) is 23.6 Å². The van der Waals surface area contributed by atoms with E-state index < -0.39 is 0 Å². The second-order valence-corrected chi connectivity index (χ2v) is 6.47. The Kier molecular flexibility index (Phi) is 7.63. The largest absolute Gasteiger partial charge is 0.490 e. The van der Waals surface area contributed by atoms with Crippen molar-refractivity contribution in [1.29, 1.82) is 10.5 Å². The van der Waals surface area contributed by atoms with Gasteiger partial charge in [-0.1, -0.05) is 41.6 Å². The summed E-state index contributed by atoms with van der Waals surface area (Å²) >= 11 is 0. The lowest BCUT2D eigenvalue weighted by Crippen LogP contribution is -2.02. The van der Waals surface area contributed by atoms with Crippen molar-refractivity contribution < 1.29 is 14.3 Å². The molecular weight excluding hydrogens is 390 g/mol. The van der Waals surface area contributed by atoms with Crippen LogP contribution in [-0.2, 0) is 18.1 Å². The molecule has 0 aliphatic heterocycles. The molecule has 0 atom stereocenters. The number of rotatable bonds is 9. The molecular formula is C25H21N3O3. The van der Waals surface area contributed by atoms with Crippen LogP contribution in [0, 0.1) is 22.7 Å². The monoisotopic (exact) mass is 411 g/mol. The fourth-order valence-electron chi connectivity index (χ4n) is 2.86. The summed E-state index contributed by atoms with van der Waals surface area (Å²) in [6.07, 6.45) is 1.58. The van der Waals surface area contributed by atoms with Gasteiger partial charge < -0.3 is 14.3 Å². The van der Waals surface area contributed by atoms with Gasteiger partial charge in [0.1, 0.15) is 13.2 Å².